The average Bonchev–Trinajstić information content (AvgIpc) is 3.26. The third-order valence-corrected chi connectivity index (χ3v) is 4.96. The molecule has 0 aliphatic carbocycles. The van der Waals surface area contributed by atoms with Gasteiger partial charge < -0.3 is 19.8 Å². The number of fused-ring (bicyclic) bond motifs is 1. The second-order valence-corrected chi connectivity index (χ2v) is 7.41. The number of H-pyrrole nitrogens is 1. The van der Waals surface area contributed by atoms with Gasteiger partial charge in [-0.15, -0.1) is 0 Å². The van der Waals surface area contributed by atoms with Crippen molar-refractivity contribution in [2.75, 3.05) is 19.0 Å². The average molecular weight is 438 g/mol. The predicted molar refractivity (Wildman–Crippen MR) is 128 cm³/mol. The summed E-state index contributed by atoms with van der Waals surface area (Å²) in [6, 6.07) is 22.4. The Kier molecular flexibility index (Phi) is 6.37. The van der Waals surface area contributed by atoms with Gasteiger partial charge in [-0.2, -0.15) is 5.26 Å². The van der Waals surface area contributed by atoms with E-state index < -0.39 is 0 Å². The highest BCUT2D eigenvalue weighted by Crippen LogP contribution is 2.23. The Hall–Kier alpha value is -4.57. The Balaban J connectivity index is 1.41. The molecule has 0 aliphatic rings. The molecule has 0 unspecified atom stereocenters. The molecule has 0 saturated carbocycles. The number of imidazole rings is 1. The fourth-order valence-electron chi connectivity index (χ4n) is 3.21. The van der Waals surface area contributed by atoms with E-state index in [1.54, 1.807) is 25.3 Å². The van der Waals surface area contributed by atoms with E-state index in [1.165, 1.54) is 0 Å². The van der Waals surface area contributed by atoms with Crippen LogP contribution in [-0.2, 0) is 4.79 Å². The van der Waals surface area contributed by atoms with Crippen molar-refractivity contribution in [1.82, 2.24) is 9.97 Å². The van der Waals surface area contributed by atoms with Gasteiger partial charge in [0.15, 0.2) is 6.61 Å². The van der Waals surface area contributed by atoms with Crippen LogP contribution in [0.2, 0.25) is 0 Å². The van der Waals surface area contributed by atoms with Gasteiger partial charge in [-0.1, -0.05) is 29.8 Å². The Bertz CT molecular complexity index is 1350. The zero-order valence-corrected chi connectivity index (χ0v) is 18.3. The number of aryl methyl sites for hydroxylation is 1. The molecule has 7 heteroatoms. The molecule has 33 heavy (non-hydrogen) atoms. The van der Waals surface area contributed by atoms with Gasteiger partial charge in [0.05, 0.1) is 23.7 Å². The molecule has 2 N–H and O–H groups in total. The largest absolute Gasteiger partial charge is 0.497 e. The summed E-state index contributed by atoms with van der Waals surface area (Å²) >= 11 is 0. The maximum atomic E-state index is 12.1. The molecule has 0 fully saturated rings. The number of nitriles is 1. The number of aromatic amines is 1. The number of nitrogens with one attached hydrogen (secondary N) is 2. The molecule has 1 aromatic heterocycles. The number of nitrogens with zero attached hydrogens (tertiary/aromatic N) is 2. The van der Waals surface area contributed by atoms with E-state index in [0.29, 0.717) is 22.9 Å². The highest BCUT2D eigenvalue weighted by Gasteiger charge is 2.09. The number of hydrogen-bond donors (Lipinski definition) is 2. The molecule has 164 valence electrons. The fraction of sp³-hybridized carbons (Fsp3) is 0.115. The molecule has 3 aromatic carbocycles. The molecule has 1 heterocycles. The summed E-state index contributed by atoms with van der Waals surface area (Å²) in [5.41, 5.74) is 4.59. The number of methoxy groups -OCH3 is 1. The first kappa shape index (κ1) is 21.7. The molecule has 4 aromatic rings. The highest BCUT2D eigenvalue weighted by molar-refractivity contribution is 5.92. The van der Waals surface area contributed by atoms with Gasteiger partial charge >= 0.3 is 0 Å². The van der Waals surface area contributed by atoms with Crippen molar-refractivity contribution in [3.63, 3.8) is 0 Å². The van der Waals surface area contributed by atoms with Crippen molar-refractivity contribution < 1.29 is 14.3 Å². The lowest BCUT2D eigenvalue weighted by molar-refractivity contribution is -0.118. The van der Waals surface area contributed by atoms with Crippen molar-refractivity contribution in [2.45, 2.75) is 6.92 Å². The quantitative estimate of drug-likeness (QED) is 0.397. The van der Waals surface area contributed by atoms with Gasteiger partial charge in [0, 0.05) is 11.8 Å². The fourth-order valence-corrected chi connectivity index (χ4v) is 3.21. The summed E-state index contributed by atoms with van der Waals surface area (Å²) < 4.78 is 10.8. The molecule has 0 saturated heterocycles. The van der Waals surface area contributed by atoms with Gasteiger partial charge in [0.2, 0.25) is 0 Å². The van der Waals surface area contributed by atoms with Crippen molar-refractivity contribution in [3.05, 3.63) is 83.7 Å². The smallest absolute Gasteiger partial charge is 0.262 e. The summed E-state index contributed by atoms with van der Waals surface area (Å²) in [5.74, 6) is 1.51. The van der Waals surface area contributed by atoms with Crippen molar-refractivity contribution in [3.8, 4) is 17.6 Å². The Morgan fingerprint density at radius 2 is 1.82 bits per heavy atom. The molecule has 0 spiro atoms. The lowest BCUT2D eigenvalue weighted by Gasteiger charge is -2.08. The van der Waals surface area contributed by atoms with Crippen LogP contribution in [0.15, 0.2) is 66.7 Å². The van der Waals surface area contributed by atoms with Gasteiger partial charge in [0.1, 0.15) is 23.4 Å². The third kappa shape index (κ3) is 5.38. The number of ether oxygens (including phenoxy) is 2. The van der Waals surface area contributed by atoms with Gasteiger partial charge in [0.25, 0.3) is 5.91 Å². The van der Waals surface area contributed by atoms with Crippen molar-refractivity contribution in [2.24, 2.45) is 0 Å². The number of carbonyl (C=O) groups is 1. The lowest BCUT2D eigenvalue weighted by atomic mass is 10.1. The standard InChI is InChI=1S/C26H22N4O3/c1-17-3-7-20(8-4-17)28-25(31)16-33-21-9-5-18(6-10-21)13-19(15-27)26-29-23-12-11-22(32-2)14-24(23)30-26/h3-14H,16H2,1-2H3,(H,28,31)(H,29,30)/b19-13-. The van der Waals surface area contributed by atoms with Gasteiger partial charge in [-0.3, -0.25) is 4.79 Å². The third-order valence-electron chi connectivity index (χ3n) is 4.96. The minimum absolute atomic E-state index is 0.102. The number of rotatable bonds is 7. The Morgan fingerprint density at radius 3 is 2.52 bits per heavy atom. The first-order valence-corrected chi connectivity index (χ1v) is 10.3. The number of anilines is 1. The molecular formula is C26H22N4O3. The molecule has 0 bridgehead atoms. The van der Waals surface area contributed by atoms with Crippen LogP contribution in [-0.4, -0.2) is 29.6 Å². The molecule has 4 rings (SSSR count). The summed E-state index contributed by atoms with van der Waals surface area (Å²) in [6.45, 7) is 1.89. The number of hydrogen-bond acceptors (Lipinski definition) is 5. The van der Waals surface area contributed by atoms with Crippen LogP contribution in [0.1, 0.15) is 17.0 Å². The second kappa shape index (κ2) is 9.71. The van der Waals surface area contributed by atoms with Crippen LogP contribution < -0.4 is 14.8 Å². The van der Waals surface area contributed by atoms with Crippen molar-refractivity contribution in [1.29, 1.82) is 5.26 Å². The molecule has 1 amide bonds. The topological polar surface area (TPSA) is 100 Å². The first-order valence-electron chi connectivity index (χ1n) is 10.3. The maximum Gasteiger partial charge on any atom is 0.262 e. The number of carbonyl (C=O) groups excluding carboxylic acids is 1. The second-order valence-electron chi connectivity index (χ2n) is 7.41. The summed E-state index contributed by atoms with van der Waals surface area (Å²) in [4.78, 5) is 19.7. The monoisotopic (exact) mass is 438 g/mol. The van der Waals surface area contributed by atoms with E-state index in [2.05, 4.69) is 21.4 Å². The predicted octanol–water partition coefficient (Wildman–Crippen LogP) is 4.96. The van der Waals surface area contributed by atoms with Crippen LogP contribution >= 0.6 is 0 Å². The summed E-state index contributed by atoms with van der Waals surface area (Å²) in [5, 5.41) is 12.4. The summed E-state index contributed by atoms with van der Waals surface area (Å²) in [6.07, 6.45) is 1.74. The van der Waals surface area contributed by atoms with Crippen molar-refractivity contribution >= 4 is 34.3 Å². The number of amides is 1. The Morgan fingerprint density at radius 1 is 1.09 bits per heavy atom. The molecule has 7 nitrogen and oxygen atoms in total. The van der Waals surface area contributed by atoms with E-state index in [-0.39, 0.29) is 12.5 Å². The molecule has 0 aliphatic heterocycles. The number of aromatic nitrogens is 2. The highest BCUT2D eigenvalue weighted by atomic mass is 16.5. The zero-order chi connectivity index (χ0) is 23.2. The van der Waals surface area contributed by atoms with Crippen LogP contribution in [0, 0.1) is 18.3 Å². The van der Waals surface area contributed by atoms with Crippen LogP contribution in [0.3, 0.4) is 0 Å². The van der Waals surface area contributed by atoms with E-state index >= 15 is 0 Å². The molecular weight excluding hydrogens is 416 g/mol. The molecule has 0 atom stereocenters. The summed E-state index contributed by atoms with van der Waals surface area (Å²) in [7, 11) is 1.60. The normalized spacial score (nSPS) is 11.1. The number of allylic oxidation sites excluding steroid dienone is 1. The molecule has 0 radical (unpaired) electrons. The minimum Gasteiger partial charge on any atom is -0.497 e. The van der Waals surface area contributed by atoms with Crippen LogP contribution in [0.5, 0.6) is 11.5 Å². The SMILES string of the molecule is COc1ccc2nc(/C(C#N)=C\c3ccc(OCC(=O)Nc4ccc(C)cc4)cc3)[nH]c2c1. The van der Waals surface area contributed by atoms with E-state index in [0.717, 1.165) is 27.8 Å². The first-order chi connectivity index (χ1) is 16.0. The Labute approximate surface area is 191 Å². The lowest BCUT2D eigenvalue weighted by Crippen LogP contribution is -2.20. The minimum atomic E-state index is -0.240. The zero-order valence-electron chi connectivity index (χ0n) is 18.3. The van der Waals surface area contributed by atoms with E-state index in [9.17, 15) is 10.1 Å². The van der Waals surface area contributed by atoms with E-state index in [4.69, 9.17) is 9.47 Å². The van der Waals surface area contributed by atoms with E-state index in [1.807, 2.05) is 61.5 Å². The maximum absolute atomic E-state index is 12.1. The number of benzene rings is 3. The van der Waals surface area contributed by atoms with Crippen LogP contribution in [0.25, 0.3) is 22.7 Å². The van der Waals surface area contributed by atoms with Crippen LogP contribution in [0.4, 0.5) is 5.69 Å². The van der Waals surface area contributed by atoms with Gasteiger partial charge in [-0.05, 0) is 55.0 Å². The van der Waals surface area contributed by atoms with Gasteiger partial charge in [-0.25, -0.2) is 4.98 Å².